The quantitative estimate of drug-likeness (QED) is 0.752. The Bertz CT molecular complexity index is 510. The summed E-state index contributed by atoms with van der Waals surface area (Å²) in [7, 11) is 4.16. The van der Waals surface area contributed by atoms with Gasteiger partial charge in [0, 0.05) is 32.7 Å². The molecule has 0 bridgehead atoms. The molecule has 7 heteroatoms. The molecule has 1 aromatic heterocycles. The van der Waals surface area contributed by atoms with Gasteiger partial charge >= 0.3 is 0 Å². The second kappa shape index (κ2) is 6.68. The van der Waals surface area contributed by atoms with Crippen molar-refractivity contribution in [1.82, 2.24) is 24.9 Å². The number of carbonyl (C=O) groups excluding carboxylic acids is 1. The van der Waals surface area contributed by atoms with Crippen LogP contribution in [0.4, 0.5) is 0 Å². The normalized spacial score (nSPS) is 25.5. The van der Waals surface area contributed by atoms with E-state index in [1.807, 2.05) is 4.90 Å². The topological polar surface area (TPSA) is 61.8 Å². The summed E-state index contributed by atoms with van der Waals surface area (Å²) in [5.41, 5.74) is 0.591. The summed E-state index contributed by atoms with van der Waals surface area (Å²) in [6.45, 7) is 5.09. The van der Waals surface area contributed by atoms with Crippen molar-refractivity contribution < 1.29 is 9.53 Å². The Morgan fingerprint density at radius 1 is 1.41 bits per heavy atom. The van der Waals surface area contributed by atoms with Gasteiger partial charge in [0.1, 0.15) is 0 Å². The summed E-state index contributed by atoms with van der Waals surface area (Å²) < 4.78 is 5.88. The van der Waals surface area contributed by atoms with Crippen molar-refractivity contribution in [3.05, 3.63) is 24.0 Å². The van der Waals surface area contributed by atoms with Gasteiger partial charge in [-0.1, -0.05) is 0 Å². The molecule has 3 heterocycles. The van der Waals surface area contributed by atoms with Gasteiger partial charge in [-0.15, -0.1) is 0 Å². The highest BCUT2D eigenvalue weighted by Crippen LogP contribution is 2.24. The lowest BCUT2D eigenvalue weighted by Gasteiger charge is -2.37. The summed E-state index contributed by atoms with van der Waals surface area (Å²) in [5, 5.41) is 7.51. The first kappa shape index (κ1) is 15.3. The van der Waals surface area contributed by atoms with Crippen molar-refractivity contribution in [2.24, 2.45) is 0 Å². The maximum atomic E-state index is 12.5. The number of rotatable bonds is 4. The molecule has 2 aliphatic heterocycles. The standard InChI is InChI=1S/C15H23N5O2/c1-18(2)5-6-19-7-8-22-14-11-20(10-13(14)19)15(21)12-3-4-16-17-9-12/h3-4,9,13-14H,5-8,10-11H2,1-2H3/t13-,14+/m1/s1. The fraction of sp³-hybridized carbons (Fsp3) is 0.667. The minimum atomic E-state index is 0.0143. The van der Waals surface area contributed by atoms with Crippen LogP contribution in [-0.4, -0.2) is 96.4 Å². The molecular weight excluding hydrogens is 282 g/mol. The number of ether oxygens (including phenoxy) is 1. The third-order valence-corrected chi connectivity index (χ3v) is 4.37. The van der Waals surface area contributed by atoms with Gasteiger partial charge in [-0.05, 0) is 20.2 Å². The van der Waals surface area contributed by atoms with Crippen molar-refractivity contribution in [3.63, 3.8) is 0 Å². The number of nitrogens with zero attached hydrogens (tertiary/aromatic N) is 5. The molecule has 7 nitrogen and oxygen atoms in total. The summed E-state index contributed by atoms with van der Waals surface area (Å²) in [4.78, 5) is 19.1. The van der Waals surface area contributed by atoms with E-state index < -0.39 is 0 Å². The second-order valence-electron chi connectivity index (χ2n) is 6.16. The van der Waals surface area contributed by atoms with E-state index in [9.17, 15) is 4.79 Å². The maximum absolute atomic E-state index is 12.5. The Labute approximate surface area is 130 Å². The van der Waals surface area contributed by atoms with E-state index in [0.717, 1.165) is 32.8 Å². The van der Waals surface area contributed by atoms with Crippen molar-refractivity contribution >= 4 is 5.91 Å². The number of fused-ring (bicyclic) bond motifs is 1. The van der Waals surface area contributed by atoms with E-state index in [0.29, 0.717) is 18.2 Å². The fourth-order valence-electron chi connectivity index (χ4n) is 3.13. The highest BCUT2D eigenvalue weighted by molar-refractivity contribution is 5.94. The molecule has 0 aromatic carbocycles. The van der Waals surface area contributed by atoms with Crippen LogP contribution in [0.5, 0.6) is 0 Å². The number of amides is 1. The fourth-order valence-corrected chi connectivity index (χ4v) is 3.13. The number of likely N-dealkylation sites (tertiary alicyclic amines) is 1. The molecule has 2 atom stereocenters. The summed E-state index contributed by atoms with van der Waals surface area (Å²) in [6.07, 6.45) is 3.19. The van der Waals surface area contributed by atoms with Crippen LogP contribution in [0, 0.1) is 0 Å². The van der Waals surface area contributed by atoms with Crippen molar-refractivity contribution in [2.75, 3.05) is 53.4 Å². The Balaban J connectivity index is 1.65. The molecule has 22 heavy (non-hydrogen) atoms. The smallest absolute Gasteiger partial charge is 0.255 e. The molecule has 0 unspecified atom stereocenters. The molecule has 1 aromatic rings. The second-order valence-corrected chi connectivity index (χ2v) is 6.16. The van der Waals surface area contributed by atoms with E-state index in [-0.39, 0.29) is 12.0 Å². The zero-order valence-corrected chi connectivity index (χ0v) is 13.2. The van der Waals surface area contributed by atoms with Crippen LogP contribution in [-0.2, 0) is 4.74 Å². The molecule has 0 radical (unpaired) electrons. The summed E-state index contributed by atoms with van der Waals surface area (Å²) >= 11 is 0. The maximum Gasteiger partial charge on any atom is 0.255 e. The predicted molar refractivity (Wildman–Crippen MR) is 81.6 cm³/mol. The summed E-state index contributed by atoms with van der Waals surface area (Å²) in [5.74, 6) is 0.0143. The van der Waals surface area contributed by atoms with E-state index >= 15 is 0 Å². The van der Waals surface area contributed by atoms with Crippen LogP contribution < -0.4 is 0 Å². The average Bonchev–Trinajstić information content (AvgIpc) is 2.97. The first-order valence-electron chi connectivity index (χ1n) is 7.71. The third kappa shape index (κ3) is 3.26. The predicted octanol–water partition coefficient (Wildman–Crippen LogP) is -0.437. The molecule has 2 aliphatic rings. The molecule has 3 rings (SSSR count). The van der Waals surface area contributed by atoms with Gasteiger partial charge in [-0.2, -0.15) is 10.2 Å². The number of aromatic nitrogens is 2. The minimum absolute atomic E-state index is 0.0143. The highest BCUT2D eigenvalue weighted by atomic mass is 16.5. The Morgan fingerprint density at radius 2 is 2.27 bits per heavy atom. The van der Waals surface area contributed by atoms with E-state index in [4.69, 9.17) is 4.74 Å². The molecule has 120 valence electrons. The van der Waals surface area contributed by atoms with Gasteiger partial charge in [0.15, 0.2) is 0 Å². The van der Waals surface area contributed by atoms with Crippen LogP contribution in [0.15, 0.2) is 18.5 Å². The SMILES string of the molecule is CN(C)CCN1CCO[C@H]2CN(C(=O)c3ccnnc3)C[C@H]21. The van der Waals surface area contributed by atoms with Gasteiger partial charge < -0.3 is 14.5 Å². The van der Waals surface area contributed by atoms with Crippen LogP contribution in [0.2, 0.25) is 0 Å². The van der Waals surface area contributed by atoms with Crippen molar-refractivity contribution in [3.8, 4) is 0 Å². The number of morpholine rings is 1. The third-order valence-electron chi connectivity index (χ3n) is 4.37. The lowest BCUT2D eigenvalue weighted by Crippen LogP contribution is -2.52. The molecule has 2 saturated heterocycles. The van der Waals surface area contributed by atoms with Crippen molar-refractivity contribution in [1.29, 1.82) is 0 Å². The van der Waals surface area contributed by atoms with Crippen LogP contribution >= 0.6 is 0 Å². The summed E-state index contributed by atoms with van der Waals surface area (Å²) in [6, 6.07) is 2.01. The number of hydrogen-bond acceptors (Lipinski definition) is 6. The van der Waals surface area contributed by atoms with Crippen LogP contribution in [0.1, 0.15) is 10.4 Å². The highest BCUT2D eigenvalue weighted by Gasteiger charge is 2.41. The largest absolute Gasteiger partial charge is 0.373 e. The van der Waals surface area contributed by atoms with Gasteiger partial charge in [0.25, 0.3) is 5.91 Å². The van der Waals surface area contributed by atoms with Gasteiger partial charge in [-0.25, -0.2) is 0 Å². The monoisotopic (exact) mass is 305 g/mol. The zero-order valence-electron chi connectivity index (χ0n) is 13.2. The Hall–Kier alpha value is -1.57. The first-order valence-corrected chi connectivity index (χ1v) is 7.71. The van der Waals surface area contributed by atoms with Gasteiger partial charge in [0.05, 0.1) is 36.7 Å². The lowest BCUT2D eigenvalue weighted by molar-refractivity contribution is -0.0482. The minimum Gasteiger partial charge on any atom is -0.373 e. The molecular formula is C15H23N5O2. The lowest BCUT2D eigenvalue weighted by atomic mass is 10.1. The van der Waals surface area contributed by atoms with Crippen LogP contribution in [0.25, 0.3) is 0 Å². The Kier molecular flexibility index (Phi) is 4.66. The average molecular weight is 305 g/mol. The van der Waals surface area contributed by atoms with Crippen LogP contribution in [0.3, 0.4) is 0 Å². The van der Waals surface area contributed by atoms with Crippen molar-refractivity contribution in [2.45, 2.75) is 12.1 Å². The number of likely N-dealkylation sites (N-methyl/N-ethyl adjacent to an activating group) is 1. The molecule has 2 fully saturated rings. The number of carbonyl (C=O) groups is 1. The van der Waals surface area contributed by atoms with Gasteiger partial charge in [-0.3, -0.25) is 9.69 Å². The Morgan fingerprint density at radius 3 is 3.00 bits per heavy atom. The van der Waals surface area contributed by atoms with Gasteiger partial charge in [0.2, 0.25) is 0 Å². The molecule has 1 amide bonds. The van der Waals surface area contributed by atoms with E-state index in [1.165, 1.54) is 6.20 Å². The van der Waals surface area contributed by atoms with E-state index in [2.05, 4.69) is 34.1 Å². The first-order chi connectivity index (χ1) is 10.6. The molecule has 0 N–H and O–H groups in total. The molecule has 0 aliphatic carbocycles. The number of hydrogen-bond donors (Lipinski definition) is 0. The molecule has 0 saturated carbocycles. The zero-order chi connectivity index (χ0) is 15.5. The molecule has 0 spiro atoms. The van der Waals surface area contributed by atoms with E-state index in [1.54, 1.807) is 12.3 Å².